The van der Waals surface area contributed by atoms with E-state index in [0.29, 0.717) is 5.56 Å². The van der Waals surface area contributed by atoms with Crippen LogP contribution in [-0.4, -0.2) is 5.97 Å². The Morgan fingerprint density at radius 3 is 2.58 bits per heavy atom. The predicted octanol–water partition coefficient (Wildman–Crippen LogP) is 2.95. The molecule has 0 atom stereocenters. The number of hydrogen-bond donors (Lipinski definition) is 1. The van der Waals surface area contributed by atoms with Crippen LogP contribution in [0.25, 0.3) is 5.70 Å². The predicted molar refractivity (Wildman–Crippen MR) is 73.1 cm³/mol. The summed E-state index contributed by atoms with van der Waals surface area (Å²) in [6.07, 6.45) is 2.88. The zero-order chi connectivity index (χ0) is 13.1. The Bertz CT molecular complexity index is 632. The van der Waals surface area contributed by atoms with Crippen molar-refractivity contribution in [2.75, 3.05) is 0 Å². The molecule has 0 fully saturated rings. The first-order chi connectivity index (χ1) is 9.34. The molecule has 0 amide bonds. The van der Waals surface area contributed by atoms with Crippen LogP contribution in [0.2, 0.25) is 0 Å². The Morgan fingerprint density at radius 1 is 1.00 bits per heavy atom. The van der Waals surface area contributed by atoms with Crippen LogP contribution < -0.4 is 5.48 Å². The van der Waals surface area contributed by atoms with Gasteiger partial charge in [0.2, 0.25) is 0 Å². The molecule has 2 aromatic carbocycles. The van der Waals surface area contributed by atoms with Crippen LogP contribution >= 0.6 is 0 Å². The zero-order valence-corrected chi connectivity index (χ0v) is 10.3. The first-order valence-electron chi connectivity index (χ1n) is 6.15. The topological polar surface area (TPSA) is 38.3 Å². The minimum absolute atomic E-state index is 0.383. The highest BCUT2D eigenvalue weighted by molar-refractivity contribution is 5.89. The first kappa shape index (κ1) is 11.5. The third kappa shape index (κ3) is 2.36. The Morgan fingerprint density at radius 2 is 1.74 bits per heavy atom. The minimum Gasteiger partial charge on any atom is -0.338 e. The average Bonchev–Trinajstić information content (AvgIpc) is 2.89. The van der Waals surface area contributed by atoms with E-state index in [1.54, 1.807) is 24.3 Å². The van der Waals surface area contributed by atoms with Crippen LogP contribution in [0.1, 0.15) is 21.5 Å². The Labute approximate surface area is 111 Å². The van der Waals surface area contributed by atoms with E-state index in [4.69, 9.17) is 4.84 Å². The molecule has 1 aliphatic rings. The number of carbonyl (C=O) groups is 1. The standard InChI is InChI=1S/C16H13NO2/c18-16(13-7-2-1-3-8-13)19-17-15-11-10-12-6-4-5-9-14(12)15/h1-9,11,17H,10H2. The molecule has 3 rings (SSSR count). The van der Waals surface area contributed by atoms with Crippen LogP contribution in [0.15, 0.2) is 60.7 Å². The lowest BCUT2D eigenvalue weighted by Crippen LogP contribution is -2.18. The van der Waals surface area contributed by atoms with Crippen molar-refractivity contribution in [2.45, 2.75) is 6.42 Å². The van der Waals surface area contributed by atoms with Crippen LogP contribution in [0.5, 0.6) is 0 Å². The molecule has 94 valence electrons. The summed E-state index contributed by atoms with van der Waals surface area (Å²) < 4.78 is 0. The summed E-state index contributed by atoms with van der Waals surface area (Å²) in [7, 11) is 0. The third-order valence-electron chi connectivity index (χ3n) is 3.10. The van der Waals surface area contributed by atoms with Gasteiger partial charge in [-0.1, -0.05) is 48.5 Å². The highest BCUT2D eigenvalue weighted by Crippen LogP contribution is 2.24. The summed E-state index contributed by atoms with van der Waals surface area (Å²) in [6, 6.07) is 17.0. The summed E-state index contributed by atoms with van der Waals surface area (Å²) >= 11 is 0. The van der Waals surface area contributed by atoms with Gasteiger partial charge in [0.15, 0.2) is 0 Å². The third-order valence-corrected chi connectivity index (χ3v) is 3.10. The molecule has 0 radical (unpaired) electrons. The van der Waals surface area contributed by atoms with Gasteiger partial charge < -0.3 is 4.84 Å². The lowest BCUT2D eigenvalue weighted by Gasteiger charge is -2.09. The van der Waals surface area contributed by atoms with Crippen molar-refractivity contribution < 1.29 is 9.63 Å². The SMILES string of the molecule is O=C(ONC1=CCc2ccccc21)c1ccccc1. The minimum atomic E-state index is -0.383. The lowest BCUT2D eigenvalue weighted by molar-refractivity contribution is 0.0369. The highest BCUT2D eigenvalue weighted by Gasteiger charge is 2.15. The number of hydroxylamine groups is 1. The second-order valence-electron chi connectivity index (χ2n) is 4.34. The molecule has 0 aliphatic heterocycles. The van der Waals surface area contributed by atoms with Crippen LogP contribution in [0.3, 0.4) is 0 Å². The Hall–Kier alpha value is -2.55. The summed E-state index contributed by atoms with van der Waals surface area (Å²) in [5, 5.41) is 0. The van der Waals surface area contributed by atoms with Gasteiger partial charge in [0.25, 0.3) is 0 Å². The van der Waals surface area contributed by atoms with E-state index in [-0.39, 0.29) is 5.97 Å². The van der Waals surface area contributed by atoms with Gasteiger partial charge in [0.05, 0.1) is 11.3 Å². The molecule has 0 bridgehead atoms. The van der Waals surface area contributed by atoms with Crippen molar-refractivity contribution >= 4 is 11.7 Å². The van der Waals surface area contributed by atoms with Crippen molar-refractivity contribution in [1.29, 1.82) is 0 Å². The van der Waals surface area contributed by atoms with Crippen molar-refractivity contribution in [3.8, 4) is 0 Å². The van der Waals surface area contributed by atoms with Crippen molar-refractivity contribution in [2.24, 2.45) is 0 Å². The molecule has 0 heterocycles. The van der Waals surface area contributed by atoms with E-state index >= 15 is 0 Å². The quantitative estimate of drug-likeness (QED) is 0.852. The molecule has 0 saturated heterocycles. The number of rotatable bonds is 3. The number of benzene rings is 2. The zero-order valence-electron chi connectivity index (χ0n) is 10.3. The van der Waals surface area contributed by atoms with E-state index in [9.17, 15) is 4.79 Å². The summed E-state index contributed by atoms with van der Waals surface area (Å²) in [5.74, 6) is -0.383. The first-order valence-corrected chi connectivity index (χ1v) is 6.15. The number of nitrogens with one attached hydrogen (secondary N) is 1. The number of fused-ring (bicyclic) bond motifs is 1. The van der Waals surface area contributed by atoms with Gasteiger partial charge in [-0.05, 0) is 24.1 Å². The molecule has 1 aliphatic carbocycles. The van der Waals surface area contributed by atoms with Gasteiger partial charge in [0.1, 0.15) is 0 Å². The van der Waals surface area contributed by atoms with Gasteiger partial charge in [-0.15, -0.1) is 0 Å². The number of hydrogen-bond acceptors (Lipinski definition) is 3. The molecule has 0 spiro atoms. The van der Waals surface area contributed by atoms with Gasteiger partial charge in [0, 0.05) is 5.56 Å². The van der Waals surface area contributed by atoms with Gasteiger partial charge in [-0.25, -0.2) is 10.3 Å². The summed E-state index contributed by atoms with van der Waals surface area (Å²) in [6.45, 7) is 0. The highest BCUT2D eigenvalue weighted by atomic mass is 16.7. The molecule has 0 aromatic heterocycles. The fourth-order valence-corrected chi connectivity index (χ4v) is 2.11. The fourth-order valence-electron chi connectivity index (χ4n) is 2.11. The maximum atomic E-state index is 11.8. The second kappa shape index (κ2) is 4.98. The molecule has 0 unspecified atom stereocenters. The van der Waals surface area contributed by atoms with E-state index in [1.165, 1.54) is 5.56 Å². The molecule has 2 aromatic rings. The van der Waals surface area contributed by atoms with Crippen molar-refractivity contribution in [1.82, 2.24) is 5.48 Å². The van der Waals surface area contributed by atoms with Crippen LogP contribution in [0, 0.1) is 0 Å². The molecular weight excluding hydrogens is 238 g/mol. The van der Waals surface area contributed by atoms with Crippen LogP contribution in [0.4, 0.5) is 0 Å². The fraction of sp³-hybridized carbons (Fsp3) is 0.0625. The molecular formula is C16H13NO2. The maximum Gasteiger partial charge on any atom is 0.362 e. The van der Waals surface area contributed by atoms with Gasteiger partial charge in [-0.2, -0.15) is 0 Å². The van der Waals surface area contributed by atoms with Gasteiger partial charge in [-0.3, -0.25) is 0 Å². The molecule has 19 heavy (non-hydrogen) atoms. The summed E-state index contributed by atoms with van der Waals surface area (Å²) in [4.78, 5) is 16.9. The van der Waals surface area contributed by atoms with Crippen LogP contribution in [-0.2, 0) is 11.3 Å². The molecule has 0 saturated carbocycles. The van der Waals surface area contributed by atoms with Crippen molar-refractivity contribution in [3.05, 3.63) is 77.4 Å². The molecule has 3 heteroatoms. The monoisotopic (exact) mass is 251 g/mol. The molecule has 1 N–H and O–H groups in total. The molecule has 3 nitrogen and oxygen atoms in total. The Balaban J connectivity index is 1.67. The van der Waals surface area contributed by atoms with E-state index in [1.807, 2.05) is 30.3 Å². The smallest absolute Gasteiger partial charge is 0.338 e. The largest absolute Gasteiger partial charge is 0.362 e. The second-order valence-corrected chi connectivity index (χ2v) is 4.34. The van der Waals surface area contributed by atoms with Crippen molar-refractivity contribution in [3.63, 3.8) is 0 Å². The van der Waals surface area contributed by atoms with E-state index in [0.717, 1.165) is 17.7 Å². The van der Waals surface area contributed by atoms with Gasteiger partial charge >= 0.3 is 5.97 Å². The number of carbonyl (C=O) groups excluding carboxylic acids is 1. The average molecular weight is 251 g/mol. The van der Waals surface area contributed by atoms with E-state index in [2.05, 4.69) is 11.5 Å². The summed E-state index contributed by atoms with van der Waals surface area (Å²) in [5.41, 5.74) is 6.45. The Kier molecular flexibility index (Phi) is 3.02. The van der Waals surface area contributed by atoms with E-state index < -0.39 is 0 Å². The normalized spacial score (nSPS) is 12.5. The number of allylic oxidation sites excluding steroid dienone is 1. The lowest BCUT2D eigenvalue weighted by atomic mass is 10.1. The maximum absolute atomic E-state index is 11.8.